The maximum absolute atomic E-state index is 12.2. The first-order chi connectivity index (χ1) is 13.7. The van der Waals surface area contributed by atoms with Crippen LogP contribution in [0.1, 0.15) is 35.7 Å². The van der Waals surface area contributed by atoms with E-state index in [4.69, 9.17) is 23.2 Å². The van der Waals surface area contributed by atoms with Crippen LogP contribution >= 0.6 is 23.2 Å². The molecule has 156 valence electrons. The predicted octanol–water partition coefficient (Wildman–Crippen LogP) is 3.61. The number of hydrogen-bond acceptors (Lipinski definition) is 4. The molecule has 1 amide bonds. The first-order valence-corrected chi connectivity index (χ1v) is 11.2. The summed E-state index contributed by atoms with van der Waals surface area (Å²) in [6.07, 6.45) is 1.48. The van der Waals surface area contributed by atoms with Crippen molar-refractivity contribution in [1.29, 1.82) is 0 Å². The van der Waals surface area contributed by atoms with E-state index in [0.717, 1.165) is 18.4 Å². The Balaban J connectivity index is 1.70. The van der Waals surface area contributed by atoms with E-state index in [1.54, 1.807) is 12.1 Å². The van der Waals surface area contributed by atoms with Crippen LogP contribution in [-0.2, 0) is 21.2 Å². The molecule has 0 aliphatic rings. The zero-order valence-corrected chi connectivity index (χ0v) is 18.2. The fourth-order valence-corrected chi connectivity index (χ4v) is 3.91. The van der Waals surface area contributed by atoms with Crippen LogP contribution in [0.15, 0.2) is 47.4 Å². The molecule has 9 heteroatoms. The van der Waals surface area contributed by atoms with Gasteiger partial charge in [-0.2, -0.15) is 0 Å². The maximum Gasteiger partial charge on any atom is 0.240 e. The molecule has 0 aliphatic carbocycles. The smallest absolute Gasteiger partial charge is 0.240 e. The summed E-state index contributed by atoms with van der Waals surface area (Å²) in [6, 6.07) is 11.0. The molecule has 0 aliphatic heterocycles. The van der Waals surface area contributed by atoms with Crippen LogP contribution in [0.3, 0.4) is 0 Å². The van der Waals surface area contributed by atoms with Crippen molar-refractivity contribution in [2.75, 3.05) is 13.1 Å². The predicted molar refractivity (Wildman–Crippen MR) is 114 cm³/mol. The molecule has 0 spiro atoms. The normalized spacial score (nSPS) is 11.3. The lowest BCUT2D eigenvalue weighted by molar-refractivity contribution is -0.120. The van der Waals surface area contributed by atoms with Crippen LogP contribution < -0.4 is 10.0 Å². The molecule has 6 nitrogen and oxygen atoms in total. The number of sulfonamides is 1. The van der Waals surface area contributed by atoms with Gasteiger partial charge in [-0.1, -0.05) is 41.4 Å². The largest absolute Gasteiger partial charge is 0.356 e. The second kappa shape index (κ2) is 10.7. The summed E-state index contributed by atoms with van der Waals surface area (Å²) in [5.74, 6) is -0.383. The van der Waals surface area contributed by atoms with Gasteiger partial charge in [0.15, 0.2) is 5.78 Å². The highest BCUT2D eigenvalue weighted by molar-refractivity contribution is 7.89. The van der Waals surface area contributed by atoms with Crippen LogP contribution in [0.2, 0.25) is 10.0 Å². The van der Waals surface area contributed by atoms with Gasteiger partial charge >= 0.3 is 0 Å². The Kier molecular flexibility index (Phi) is 8.64. The van der Waals surface area contributed by atoms with Gasteiger partial charge in [-0.25, -0.2) is 13.1 Å². The number of hydrogen-bond donors (Lipinski definition) is 2. The quantitative estimate of drug-likeness (QED) is 0.421. The topological polar surface area (TPSA) is 92.3 Å². The zero-order chi connectivity index (χ0) is 21.4. The van der Waals surface area contributed by atoms with Crippen molar-refractivity contribution in [2.24, 2.45) is 0 Å². The molecule has 0 fully saturated rings. The number of amides is 1. The van der Waals surface area contributed by atoms with Crippen LogP contribution in [0, 0.1) is 0 Å². The molecule has 2 aromatic carbocycles. The van der Waals surface area contributed by atoms with Crippen molar-refractivity contribution < 1.29 is 18.0 Å². The van der Waals surface area contributed by atoms with E-state index in [1.807, 2.05) is 6.07 Å². The van der Waals surface area contributed by atoms with E-state index in [0.29, 0.717) is 22.2 Å². The fourth-order valence-electron chi connectivity index (χ4n) is 2.55. The molecule has 0 bridgehead atoms. The van der Waals surface area contributed by atoms with E-state index >= 15 is 0 Å². The van der Waals surface area contributed by atoms with E-state index in [1.165, 1.54) is 31.2 Å². The molecule has 0 unspecified atom stereocenters. The summed E-state index contributed by atoms with van der Waals surface area (Å²) in [7, 11) is -3.73. The summed E-state index contributed by atoms with van der Waals surface area (Å²) in [5, 5.41) is 3.75. The number of Topliss-reactive ketones (excluding diaryl/α,β-unsaturated/α-hetero) is 1. The summed E-state index contributed by atoms with van der Waals surface area (Å²) in [4.78, 5) is 23.2. The first-order valence-electron chi connectivity index (χ1n) is 9.00. The average Bonchev–Trinajstić information content (AvgIpc) is 2.68. The second-order valence-corrected chi connectivity index (χ2v) is 9.01. The van der Waals surface area contributed by atoms with Gasteiger partial charge in [0.2, 0.25) is 15.9 Å². The minimum atomic E-state index is -3.73. The Morgan fingerprint density at radius 1 is 0.966 bits per heavy atom. The lowest BCUT2D eigenvalue weighted by Gasteiger charge is -2.08. The van der Waals surface area contributed by atoms with Crippen LogP contribution in [0.4, 0.5) is 0 Å². The molecular weight excluding hydrogens is 435 g/mol. The third kappa shape index (κ3) is 7.44. The lowest BCUT2D eigenvalue weighted by atomic mass is 10.1. The molecule has 0 aromatic heterocycles. The Morgan fingerprint density at radius 3 is 2.28 bits per heavy atom. The number of carbonyl (C=O) groups is 2. The summed E-state index contributed by atoms with van der Waals surface area (Å²) in [5.41, 5.74) is 1.46. The van der Waals surface area contributed by atoms with Gasteiger partial charge in [0.05, 0.1) is 14.9 Å². The van der Waals surface area contributed by atoms with E-state index < -0.39 is 10.0 Å². The van der Waals surface area contributed by atoms with Crippen molar-refractivity contribution in [2.45, 2.75) is 31.1 Å². The zero-order valence-electron chi connectivity index (χ0n) is 15.9. The summed E-state index contributed by atoms with van der Waals surface area (Å²) < 4.78 is 26.8. The number of aryl methyl sites for hydroxylation is 1. The number of rotatable bonds is 10. The minimum absolute atomic E-state index is 0.0184. The van der Waals surface area contributed by atoms with Gasteiger partial charge in [0.1, 0.15) is 0 Å². The van der Waals surface area contributed by atoms with Crippen molar-refractivity contribution >= 4 is 44.9 Å². The number of ketones is 1. The third-order valence-corrected chi connectivity index (χ3v) is 6.38. The molecule has 0 saturated heterocycles. The maximum atomic E-state index is 12.2. The minimum Gasteiger partial charge on any atom is -0.356 e. The highest BCUT2D eigenvalue weighted by Crippen LogP contribution is 2.23. The number of halogens is 2. The number of carbonyl (C=O) groups excluding carboxylic acids is 2. The molecule has 2 rings (SSSR count). The monoisotopic (exact) mass is 456 g/mol. The third-order valence-electron chi connectivity index (χ3n) is 4.16. The SMILES string of the molecule is CC(=O)c1ccc(S(=O)(=O)NCCC(=O)NCCCc2ccc(Cl)c(Cl)c2)cc1. The number of benzene rings is 2. The Morgan fingerprint density at radius 2 is 1.66 bits per heavy atom. The van der Waals surface area contributed by atoms with Gasteiger partial charge in [-0.3, -0.25) is 9.59 Å². The molecule has 2 N–H and O–H groups in total. The van der Waals surface area contributed by atoms with Crippen molar-refractivity contribution in [1.82, 2.24) is 10.0 Å². The van der Waals surface area contributed by atoms with Gasteiger partial charge in [-0.15, -0.1) is 0 Å². The summed E-state index contributed by atoms with van der Waals surface area (Å²) >= 11 is 11.8. The highest BCUT2D eigenvalue weighted by Gasteiger charge is 2.14. The van der Waals surface area contributed by atoms with Gasteiger partial charge < -0.3 is 5.32 Å². The Bertz CT molecular complexity index is 976. The van der Waals surface area contributed by atoms with E-state index in [-0.39, 0.29) is 29.6 Å². The van der Waals surface area contributed by atoms with Crippen LogP contribution in [0.25, 0.3) is 0 Å². The molecule has 2 aromatic rings. The fraction of sp³-hybridized carbons (Fsp3) is 0.300. The first kappa shape index (κ1) is 23.3. The highest BCUT2D eigenvalue weighted by atomic mass is 35.5. The Hall–Kier alpha value is -1.93. The molecule has 0 heterocycles. The standard InChI is InChI=1S/C20H22Cl2N2O4S/c1-14(25)16-5-7-17(8-6-16)29(27,28)24-12-10-20(26)23-11-2-3-15-4-9-18(21)19(22)13-15/h4-9,13,24H,2-3,10-12H2,1H3,(H,23,26). The van der Waals surface area contributed by atoms with Crippen molar-refractivity contribution in [3.63, 3.8) is 0 Å². The van der Waals surface area contributed by atoms with Gasteiger partial charge in [-0.05, 0) is 49.6 Å². The van der Waals surface area contributed by atoms with Gasteiger partial charge in [0.25, 0.3) is 0 Å². The van der Waals surface area contributed by atoms with Crippen LogP contribution in [0.5, 0.6) is 0 Å². The molecule has 0 radical (unpaired) electrons. The molecular formula is C20H22Cl2N2O4S. The molecule has 0 saturated carbocycles. The molecule has 29 heavy (non-hydrogen) atoms. The van der Waals surface area contributed by atoms with E-state index in [9.17, 15) is 18.0 Å². The van der Waals surface area contributed by atoms with Gasteiger partial charge in [0, 0.05) is 25.1 Å². The van der Waals surface area contributed by atoms with Crippen molar-refractivity contribution in [3.05, 3.63) is 63.6 Å². The lowest BCUT2D eigenvalue weighted by Crippen LogP contribution is -2.31. The summed E-state index contributed by atoms with van der Waals surface area (Å²) in [6.45, 7) is 1.86. The number of nitrogens with one attached hydrogen (secondary N) is 2. The van der Waals surface area contributed by atoms with Crippen molar-refractivity contribution in [3.8, 4) is 0 Å². The van der Waals surface area contributed by atoms with Crippen LogP contribution in [-0.4, -0.2) is 33.2 Å². The molecule has 0 atom stereocenters. The Labute approximate surface area is 180 Å². The average molecular weight is 457 g/mol. The second-order valence-electron chi connectivity index (χ2n) is 6.43. The van der Waals surface area contributed by atoms with E-state index in [2.05, 4.69) is 10.0 Å².